The number of benzene rings is 1. The minimum Gasteiger partial charge on any atom is -0.481 e. The van der Waals surface area contributed by atoms with Crippen LogP contribution in [-0.2, 0) is 23.9 Å². The largest absolute Gasteiger partial charge is 0.481 e. The molecule has 0 spiro atoms. The fraction of sp³-hybridized carbons (Fsp3) is 0.483. The molecule has 4 rings (SSSR count). The molecule has 0 bridgehead atoms. The molecule has 1 aliphatic carbocycles. The number of ether oxygens (including phenoxy) is 2. The number of piperazine rings is 1. The van der Waals surface area contributed by atoms with Crippen LogP contribution in [0.2, 0.25) is 0 Å². The van der Waals surface area contributed by atoms with Crippen LogP contribution in [0.3, 0.4) is 0 Å². The van der Waals surface area contributed by atoms with E-state index in [4.69, 9.17) is 9.47 Å². The Bertz CT molecular complexity index is 1390. The molecule has 45 heavy (non-hydrogen) atoms. The molecule has 2 heterocycles. The summed E-state index contributed by atoms with van der Waals surface area (Å²) in [7, 11) is 0. The molecule has 2 aromatic rings. The number of carbonyl (C=O) groups is 6. The van der Waals surface area contributed by atoms with E-state index in [1.807, 2.05) is 0 Å². The van der Waals surface area contributed by atoms with Gasteiger partial charge in [0.05, 0.1) is 18.8 Å². The summed E-state index contributed by atoms with van der Waals surface area (Å²) in [6, 6.07) is 8.97. The zero-order valence-electron chi connectivity index (χ0n) is 24.9. The third kappa shape index (κ3) is 9.67. The van der Waals surface area contributed by atoms with E-state index in [-0.39, 0.29) is 75.7 Å². The Hall–Kier alpha value is -5.15. The van der Waals surface area contributed by atoms with E-state index in [1.54, 1.807) is 37.3 Å². The van der Waals surface area contributed by atoms with Crippen molar-refractivity contribution in [1.29, 1.82) is 0 Å². The van der Waals surface area contributed by atoms with Crippen LogP contribution < -0.4 is 20.7 Å². The van der Waals surface area contributed by atoms with Gasteiger partial charge in [0.2, 0.25) is 17.7 Å². The van der Waals surface area contributed by atoms with Gasteiger partial charge in [-0.1, -0.05) is 18.2 Å². The van der Waals surface area contributed by atoms with Crippen LogP contribution in [0.1, 0.15) is 43.1 Å². The highest BCUT2D eigenvalue weighted by Crippen LogP contribution is 2.20. The number of aromatic nitrogens is 2. The average Bonchev–Trinajstić information content (AvgIpc) is 3.75. The first-order chi connectivity index (χ1) is 21.6. The second-order valence-corrected chi connectivity index (χ2v) is 10.5. The average molecular weight is 628 g/mol. The second-order valence-electron chi connectivity index (χ2n) is 10.5. The number of aliphatic carboxylic acids is 1. The minimum atomic E-state index is -1.18. The highest BCUT2D eigenvalue weighted by atomic mass is 16.6. The maximum absolute atomic E-state index is 13.4. The van der Waals surface area contributed by atoms with Gasteiger partial charge in [-0.2, -0.15) is 5.10 Å². The van der Waals surface area contributed by atoms with E-state index in [0.29, 0.717) is 5.69 Å². The van der Waals surface area contributed by atoms with Crippen LogP contribution >= 0.6 is 0 Å². The molecule has 4 N–H and O–H groups in total. The Morgan fingerprint density at radius 3 is 2.33 bits per heavy atom. The predicted octanol–water partition coefficient (Wildman–Crippen LogP) is -0.0902. The van der Waals surface area contributed by atoms with Crippen LogP contribution in [0.5, 0.6) is 5.88 Å². The first-order valence-corrected chi connectivity index (χ1v) is 14.7. The van der Waals surface area contributed by atoms with Crippen LogP contribution in [0.4, 0.5) is 4.79 Å². The molecule has 1 aromatic heterocycles. The van der Waals surface area contributed by atoms with Crippen molar-refractivity contribution in [1.82, 2.24) is 35.5 Å². The number of carbonyl (C=O) groups excluding carboxylic acids is 5. The van der Waals surface area contributed by atoms with E-state index in [0.717, 1.165) is 12.8 Å². The van der Waals surface area contributed by atoms with Crippen LogP contribution in [0.25, 0.3) is 5.69 Å². The monoisotopic (exact) mass is 627 g/mol. The maximum Gasteiger partial charge on any atom is 0.409 e. The molecule has 1 saturated heterocycles. The van der Waals surface area contributed by atoms with Gasteiger partial charge >= 0.3 is 12.1 Å². The van der Waals surface area contributed by atoms with Crippen molar-refractivity contribution in [2.24, 2.45) is 0 Å². The molecule has 5 amide bonds. The first-order valence-electron chi connectivity index (χ1n) is 14.7. The number of carboxylic acids is 1. The van der Waals surface area contributed by atoms with Gasteiger partial charge < -0.3 is 40.3 Å². The summed E-state index contributed by atoms with van der Waals surface area (Å²) in [6.45, 7) is 2.07. The van der Waals surface area contributed by atoms with Crippen molar-refractivity contribution in [3.63, 3.8) is 0 Å². The summed E-state index contributed by atoms with van der Waals surface area (Å²) in [5.41, 5.74) is 0.382. The zero-order chi connectivity index (χ0) is 32.3. The Balaban J connectivity index is 1.43. The highest BCUT2D eigenvalue weighted by Gasteiger charge is 2.32. The molecule has 1 atom stereocenters. The molecule has 2 aliphatic rings. The quantitative estimate of drug-likeness (QED) is 0.219. The van der Waals surface area contributed by atoms with Crippen molar-refractivity contribution in [2.75, 3.05) is 45.9 Å². The lowest BCUT2D eigenvalue weighted by Gasteiger charge is -2.35. The molecule has 1 aromatic carbocycles. The molecule has 0 unspecified atom stereocenters. The first kappa shape index (κ1) is 32.8. The fourth-order valence-electron chi connectivity index (χ4n) is 4.51. The van der Waals surface area contributed by atoms with E-state index < -0.39 is 42.4 Å². The minimum absolute atomic E-state index is 0.0485. The summed E-state index contributed by atoms with van der Waals surface area (Å²) < 4.78 is 12.0. The lowest BCUT2D eigenvalue weighted by Crippen LogP contribution is -2.56. The Morgan fingerprint density at radius 1 is 1.00 bits per heavy atom. The van der Waals surface area contributed by atoms with Crippen LogP contribution in [-0.4, -0.2) is 118 Å². The number of amides is 5. The van der Waals surface area contributed by atoms with Gasteiger partial charge in [0.25, 0.3) is 11.8 Å². The molecule has 0 radical (unpaired) electrons. The predicted molar refractivity (Wildman–Crippen MR) is 157 cm³/mol. The molecule has 242 valence electrons. The Kier molecular flexibility index (Phi) is 11.3. The summed E-state index contributed by atoms with van der Waals surface area (Å²) >= 11 is 0. The normalized spacial score (nSPS) is 15.0. The van der Waals surface area contributed by atoms with E-state index in [9.17, 15) is 33.9 Å². The third-order valence-electron chi connectivity index (χ3n) is 7.02. The summed E-state index contributed by atoms with van der Waals surface area (Å²) in [5, 5.41) is 21.4. The van der Waals surface area contributed by atoms with Gasteiger partial charge in [-0.15, -0.1) is 0 Å². The van der Waals surface area contributed by atoms with E-state index >= 15 is 0 Å². The molecular formula is C29H37N7O9. The number of hydrogen-bond acceptors (Lipinski definition) is 9. The van der Waals surface area contributed by atoms with E-state index in [1.165, 1.54) is 20.5 Å². The molecule has 1 aliphatic heterocycles. The number of hydrogen-bond donors (Lipinski definition) is 4. The van der Waals surface area contributed by atoms with Gasteiger partial charge in [0, 0.05) is 44.7 Å². The summed E-state index contributed by atoms with van der Waals surface area (Å²) in [4.78, 5) is 77.2. The number of nitrogens with one attached hydrogen (secondary N) is 3. The number of carboxylic acid groups (broad SMARTS) is 1. The number of nitrogens with zero attached hydrogens (tertiary/aromatic N) is 4. The SMILES string of the molecule is CCOC(=O)N1CCN(C(=O)[C@H](CCC(=O)O)NC(=O)c2cc(OCC(=O)NCC(=O)NC3CC3)n(-c3ccccc3)n2)CC1. The van der Waals surface area contributed by atoms with E-state index in [2.05, 4.69) is 21.0 Å². The lowest BCUT2D eigenvalue weighted by atomic mass is 10.1. The van der Waals surface area contributed by atoms with Gasteiger partial charge in [0.1, 0.15) is 6.04 Å². The van der Waals surface area contributed by atoms with Gasteiger partial charge in [-0.25, -0.2) is 9.48 Å². The van der Waals surface area contributed by atoms with Gasteiger partial charge in [-0.05, 0) is 38.3 Å². The van der Waals surface area contributed by atoms with Crippen LogP contribution in [0, 0.1) is 0 Å². The van der Waals surface area contributed by atoms with Crippen molar-refractivity contribution in [3.05, 3.63) is 42.1 Å². The molecule has 2 fully saturated rings. The smallest absolute Gasteiger partial charge is 0.409 e. The number of para-hydroxylation sites is 1. The van der Waals surface area contributed by atoms with Gasteiger partial charge in [-0.3, -0.25) is 24.0 Å². The summed E-state index contributed by atoms with van der Waals surface area (Å²) in [6.07, 6.45) is 0.814. The highest BCUT2D eigenvalue weighted by molar-refractivity contribution is 5.96. The maximum atomic E-state index is 13.4. The standard InChI is InChI=1S/C29H37N7O9/c1-2-44-29(43)35-14-12-34(13-15-35)28(42)21(10-11-26(39)40)32-27(41)22-16-25(36(33-22)20-6-4-3-5-7-20)45-18-24(38)30-17-23(37)31-19-8-9-19/h3-7,16,19,21H,2,8-15,17-18H2,1H3,(H,30,38)(H,31,37)(H,32,41)(H,39,40)/t21-/m0/s1. The Labute approximate surface area is 259 Å². The molecule has 1 saturated carbocycles. The Morgan fingerprint density at radius 2 is 1.69 bits per heavy atom. The van der Waals surface area contributed by atoms with Crippen molar-refractivity contribution >= 4 is 35.7 Å². The van der Waals surface area contributed by atoms with Crippen molar-refractivity contribution in [3.8, 4) is 11.6 Å². The fourth-order valence-corrected chi connectivity index (χ4v) is 4.51. The third-order valence-corrected chi connectivity index (χ3v) is 7.02. The lowest BCUT2D eigenvalue weighted by molar-refractivity contribution is -0.138. The van der Waals surface area contributed by atoms with Crippen LogP contribution in [0.15, 0.2) is 36.4 Å². The molecular weight excluding hydrogens is 590 g/mol. The zero-order valence-corrected chi connectivity index (χ0v) is 24.9. The van der Waals surface area contributed by atoms with Gasteiger partial charge in [0.15, 0.2) is 12.3 Å². The second kappa shape index (κ2) is 15.5. The van der Waals surface area contributed by atoms with Crippen molar-refractivity contribution in [2.45, 2.75) is 44.7 Å². The molecule has 16 heteroatoms. The summed E-state index contributed by atoms with van der Waals surface area (Å²) in [5.74, 6) is -3.20. The topological polar surface area (TPSA) is 202 Å². The van der Waals surface area contributed by atoms with Crippen molar-refractivity contribution < 1.29 is 43.3 Å². The molecule has 16 nitrogen and oxygen atoms in total. The number of rotatable bonds is 14.